The number of hydrogen-bond donors (Lipinski definition) is 2. The molecule has 1 aromatic heterocycles. The fourth-order valence-electron chi connectivity index (χ4n) is 2.84. The first-order valence-electron chi connectivity index (χ1n) is 8.50. The van der Waals surface area contributed by atoms with Crippen LogP contribution in [0, 0.1) is 5.92 Å². The monoisotopic (exact) mass is 450 g/mol. The first-order valence-corrected chi connectivity index (χ1v) is 9.38. The van der Waals surface area contributed by atoms with Gasteiger partial charge in [0.2, 0.25) is 0 Å². The van der Waals surface area contributed by atoms with Crippen LogP contribution in [0.2, 0.25) is 0 Å². The van der Waals surface area contributed by atoms with Crippen molar-refractivity contribution in [2.45, 2.75) is 33.1 Å². The van der Waals surface area contributed by atoms with Crippen molar-refractivity contribution < 1.29 is 0 Å². The average Bonchev–Trinajstić information content (AvgIpc) is 3.20. The summed E-state index contributed by atoms with van der Waals surface area (Å²) >= 11 is 1.82. The van der Waals surface area contributed by atoms with Gasteiger partial charge in [0.1, 0.15) is 0 Å². The summed E-state index contributed by atoms with van der Waals surface area (Å²) in [6.07, 6.45) is 1.30. The lowest BCUT2D eigenvalue weighted by atomic mass is 10.1. The molecule has 2 unspecified atom stereocenters. The maximum Gasteiger partial charge on any atom is 0.191 e. The van der Waals surface area contributed by atoms with Gasteiger partial charge in [-0.1, -0.05) is 19.9 Å². The van der Waals surface area contributed by atoms with Crippen molar-refractivity contribution in [1.29, 1.82) is 0 Å². The van der Waals surface area contributed by atoms with Gasteiger partial charge in [-0.3, -0.25) is 4.99 Å². The Morgan fingerprint density at radius 2 is 2.26 bits per heavy atom. The van der Waals surface area contributed by atoms with E-state index in [0.29, 0.717) is 5.92 Å². The van der Waals surface area contributed by atoms with E-state index in [1.165, 1.54) is 30.9 Å². The maximum atomic E-state index is 4.76. The first kappa shape index (κ1) is 20.7. The minimum atomic E-state index is 0. The molecular weight excluding hydrogens is 419 g/mol. The van der Waals surface area contributed by atoms with E-state index in [4.69, 9.17) is 4.99 Å². The van der Waals surface area contributed by atoms with Crippen LogP contribution in [0.3, 0.4) is 0 Å². The molecular formula is C17H31IN4S. The predicted molar refractivity (Wildman–Crippen MR) is 112 cm³/mol. The first-order chi connectivity index (χ1) is 10.7. The van der Waals surface area contributed by atoms with Crippen LogP contribution in [0.15, 0.2) is 22.5 Å². The van der Waals surface area contributed by atoms with Crippen LogP contribution < -0.4 is 10.6 Å². The van der Waals surface area contributed by atoms with Gasteiger partial charge < -0.3 is 15.5 Å². The van der Waals surface area contributed by atoms with Crippen LogP contribution in [0.1, 0.15) is 38.0 Å². The second kappa shape index (κ2) is 11.3. The van der Waals surface area contributed by atoms with E-state index in [-0.39, 0.29) is 24.0 Å². The zero-order valence-electron chi connectivity index (χ0n) is 14.5. The molecule has 0 bridgehead atoms. The van der Waals surface area contributed by atoms with Crippen LogP contribution in [-0.2, 0) is 0 Å². The molecule has 0 spiro atoms. The normalized spacial score (nSPS) is 20.1. The largest absolute Gasteiger partial charge is 0.357 e. The zero-order chi connectivity index (χ0) is 15.8. The molecule has 2 rings (SSSR count). The summed E-state index contributed by atoms with van der Waals surface area (Å²) in [4.78, 5) is 8.69. The molecule has 0 aromatic carbocycles. The van der Waals surface area contributed by atoms with E-state index >= 15 is 0 Å². The number of nitrogens with one attached hydrogen (secondary N) is 2. The Bertz CT molecular complexity index is 449. The standard InChI is InChI=1S/C17H30N4S.HI/c1-4-18-17(19-11-14(3)16-7-6-10-22-16)20-12-15-8-9-21(5-2)13-15;/h6-7,10,14-15H,4-5,8-9,11-13H2,1-3H3,(H2,18,19,20);1H. The topological polar surface area (TPSA) is 39.7 Å². The summed E-state index contributed by atoms with van der Waals surface area (Å²) in [5.41, 5.74) is 0. The van der Waals surface area contributed by atoms with Crippen LogP contribution >= 0.6 is 35.3 Å². The minimum absolute atomic E-state index is 0. The highest BCUT2D eigenvalue weighted by Gasteiger charge is 2.21. The Morgan fingerprint density at radius 3 is 2.87 bits per heavy atom. The van der Waals surface area contributed by atoms with Gasteiger partial charge in [-0.25, -0.2) is 0 Å². The highest BCUT2D eigenvalue weighted by Crippen LogP contribution is 2.20. The van der Waals surface area contributed by atoms with Gasteiger partial charge in [-0.05, 0) is 43.8 Å². The molecule has 1 aliphatic rings. The summed E-state index contributed by atoms with van der Waals surface area (Å²) in [6, 6.07) is 4.31. The predicted octanol–water partition coefficient (Wildman–Crippen LogP) is 3.37. The highest BCUT2D eigenvalue weighted by atomic mass is 127. The van der Waals surface area contributed by atoms with Gasteiger partial charge in [0.15, 0.2) is 5.96 Å². The van der Waals surface area contributed by atoms with Gasteiger partial charge in [-0.15, -0.1) is 35.3 Å². The molecule has 23 heavy (non-hydrogen) atoms. The summed E-state index contributed by atoms with van der Waals surface area (Å²) in [7, 11) is 0. The quantitative estimate of drug-likeness (QED) is 0.380. The molecule has 0 saturated carbocycles. The van der Waals surface area contributed by atoms with Crippen molar-refractivity contribution in [3.63, 3.8) is 0 Å². The summed E-state index contributed by atoms with van der Waals surface area (Å²) in [5.74, 6) is 2.19. The molecule has 0 radical (unpaired) electrons. The molecule has 0 aliphatic carbocycles. The Kier molecular flexibility index (Phi) is 10.1. The summed E-state index contributed by atoms with van der Waals surface area (Å²) in [5, 5.41) is 9.02. The van der Waals surface area contributed by atoms with Crippen molar-refractivity contribution in [3.05, 3.63) is 22.4 Å². The van der Waals surface area contributed by atoms with Gasteiger partial charge in [0, 0.05) is 30.4 Å². The van der Waals surface area contributed by atoms with Crippen LogP contribution in [0.5, 0.6) is 0 Å². The van der Waals surface area contributed by atoms with E-state index in [2.05, 4.69) is 53.8 Å². The lowest BCUT2D eigenvalue weighted by Crippen LogP contribution is -2.40. The Morgan fingerprint density at radius 1 is 1.43 bits per heavy atom. The number of guanidine groups is 1. The smallest absolute Gasteiger partial charge is 0.191 e. The molecule has 132 valence electrons. The van der Waals surface area contributed by atoms with Gasteiger partial charge in [0.05, 0.1) is 6.54 Å². The highest BCUT2D eigenvalue weighted by molar-refractivity contribution is 14.0. The second-order valence-corrected chi connectivity index (χ2v) is 7.04. The van der Waals surface area contributed by atoms with Gasteiger partial charge in [-0.2, -0.15) is 0 Å². The van der Waals surface area contributed by atoms with E-state index < -0.39 is 0 Å². The van der Waals surface area contributed by atoms with Gasteiger partial charge in [0.25, 0.3) is 0 Å². The van der Waals surface area contributed by atoms with Crippen LogP contribution in [-0.4, -0.2) is 50.1 Å². The van der Waals surface area contributed by atoms with Crippen molar-refractivity contribution >= 4 is 41.3 Å². The molecule has 4 nitrogen and oxygen atoms in total. The third kappa shape index (κ3) is 6.97. The zero-order valence-corrected chi connectivity index (χ0v) is 17.7. The average molecular weight is 450 g/mol. The maximum absolute atomic E-state index is 4.76. The third-order valence-corrected chi connectivity index (χ3v) is 5.38. The molecule has 0 amide bonds. The molecule has 1 aliphatic heterocycles. The lowest BCUT2D eigenvalue weighted by Gasteiger charge is -2.16. The molecule has 2 atom stereocenters. The number of likely N-dealkylation sites (tertiary alicyclic amines) is 1. The second-order valence-electron chi connectivity index (χ2n) is 6.06. The van der Waals surface area contributed by atoms with E-state index in [9.17, 15) is 0 Å². The van der Waals surface area contributed by atoms with Gasteiger partial charge >= 0.3 is 0 Å². The minimum Gasteiger partial charge on any atom is -0.357 e. The Balaban J connectivity index is 0.00000264. The Labute approximate surface area is 162 Å². The molecule has 1 fully saturated rings. The number of aliphatic imine (C=N–C) groups is 1. The number of halogens is 1. The summed E-state index contributed by atoms with van der Waals surface area (Å²) < 4.78 is 0. The van der Waals surface area contributed by atoms with Crippen molar-refractivity contribution in [1.82, 2.24) is 15.5 Å². The van der Waals surface area contributed by atoms with Crippen LogP contribution in [0.4, 0.5) is 0 Å². The number of thiophene rings is 1. The van der Waals surface area contributed by atoms with Crippen molar-refractivity contribution in [2.75, 3.05) is 39.3 Å². The van der Waals surface area contributed by atoms with Crippen LogP contribution in [0.25, 0.3) is 0 Å². The van der Waals surface area contributed by atoms with Crippen molar-refractivity contribution in [3.8, 4) is 0 Å². The third-order valence-electron chi connectivity index (χ3n) is 4.27. The van der Waals surface area contributed by atoms with E-state index in [1.807, 2.05) is 11.3 Å². The SMILES string of the molecule is CCNC(=NCC(C)c1cccs1)NCC1CCN(CC)C1.I. The lowest BCUT2D eigenvalue weighted by molar-refractivity contribution is 0.342. The molecule has 1 aromatic rings. The molecule has 6 heteroatoms. The van der Waals surface area contributed by atoms with E-state index in [0.717, 1.165) is 31.5 Å². The molecule has 1 saturated heterocycles. The molecule has 2 N–H and O–H groups in total. The fraction of sp³-hybridized carbons (Fsp3) is 0.706. The molecule has 2 heterocycles. The fourth-order valence-corrected chi connectivity index (χ4v) is 3.62. The van der Waals surface area contributed by atoms with E-state index in [1.54, 1.807) is 0 Å². The van der Waals surface area contributed by atoms with Crippen molar-refractivity contribution in [2.24, 2.45) is 10.9 Å². The number of rotatable bonds is 7. The Hall–Kier alpha value is -0.340. The summed E-state index contributed by atoms with van der Waals surface area (Å²) in [6.45, 7) is 13.0. The number of hydrogen-bond acceptors (Lipinski definition) is 3. The number of nitrogens with zero attached hydrogens (tertiary/aromatic N) is 2.